The van der Waals surface area contributed by atoms with Crippen LogP contribution in [0.15, 0.2) is 16.6 Å². The molecule has 108 valence electrons. The third kappa shape index (κ3) is 2.54. The van der Waals surface area contributed by atoms with Gasteiger partial charge in [0.1, 0.15) is 5.75 Å². The van der Waals surface area contributed by atoms with Crippen molar-refractivity contribution < 1.29 is 14.0 Å². The van der Waals surface area contributed by atoms with Gasteiger partial charge in [0.2, 0.25) is 0 Å². The third-order valence-corrected chi connectivity index (χ3v) is 8.90. The Kier molecular flexibility index (Phi) is 3.58. The first kappa shape index (κ1) is 15.2. The minimum Gasteiger partial charge on any atom is -0.543 e. The van der Waals surface area contributed by atoms with Gasteiger partial charge >= 0.3 is 0 Å². The highest BCUT2D eigenvalue weighted by atomic mass is 79.9. The minimum atomic E-state index is -1.97. The predicted molar refractivity (Wildman–Crippen MR) is 84.9 cm³/mol. The standard InChI is InChI=1S/C14H18BrNO3Si/c1-14(2,3)20(4,5)19-11-7-10-8(6-9(11)15)12(17)13(18)16-10/h6-7H,1-5H3,(H,16,17,18). The second-order valence-corrected chi connectivity index (χ2v) is 12.1. The van der Waals surface area contributed by atoms with E-state index in [0.29, 0.717) is 21.5 Å². The molecule has 0 saturated heterocycles. The highest BCUT2D eigenvalue weighted by Crippen LogP contribution is 2.41. The van der Waals surface area contributed by atoms with Crippen LogP contribution >= 0.6 is 15.9 Å². The molecule has 1 aromatic carbocycles. The molecule has 20 heavy (non-hydrogen) atoms. The van der Waals surface area contributed by atoms with Crippen molar-refractivity contribution >= 4 is 41.6 Å². The van der Waals surface area contributed by atoms with Crippen molar-refractivity contribution in [3.8, 4) is 5.75 Å². The van der Waals surface area contributed by atoms with E-state index in [2.05, 4.69) is 55.1 Å². The Morgan fingerprint density at radius 3 is 2.35 bits per heavy atom. The maximum atomic E-state index is 11.6. The van der Waals surface area contributed by atoms with Gasteiger partial charge in [0.25, 0.3) is 20.0 Å². The fourth-order valence-corrected chi connectivity index (χ4v) is 3.25. The molecule has 0 aromatic heterocycles. The van der Waals surface area contributed by atoms with Gasteiger partial charge in [-0.25, -0.2) is 0 Å². The number of amides is 1. The maximum Gasteiger partial charge on any atom is 0.296 e. The zero-order valence-corrected chi connectivity index (χ0v) is 14.8. The van der Waals surface area contributed by atoms with E-state index in [-0.39, 0.29) is 5.04 Å². The van der Waals surface area contributed by atoms with Crippen LogP contribution in [-0.2, 0) is 4.79 Å². The summed E-state index contributed by atoms with van der Waals surface area (Å²) in [6, 6.07) is 3.38. The lowest BCUT2D eigenvalue weighted by molar-refractivity contribution is -0.112. The molecule has 4 nitrogen and oxygen atoms in total. The van der Waals surface area contributed by atoms with Crippen LogP contribution < -0.4 is 9.74 Å². The van der Waals surface area contributed by atoms with Crippen LogP contribution in [0.25, 0.3) is 0 Å². The van der Waals surface area contributed by atoms with E-state index >= 15 is 0 Å². The molecule has 0 atom stereocenters. The smallest absolute Gasteiger partial charge is 0.296 e. The van der Waals surface area contributed by atoms with Crippen LogP contribution in [0.4, 0.5) is 5.69 Å². The van der Waals surface area contributed by atoms with E-state index in [1.165, 1.54) is 0 Å². The van der Waals surface area contributed by atoms with Crippen LogP contribution in [0.2, 0.25) is 18.1 Å². The van der Waals surface area contributed by atoms with Crippen molar-refractivity contribution in [1.82, 2.24) is 0 Å². The van der Waals surface area contributed by atoms with Crippen molar-refractivity contribution in [1.29, 1.82) is 0 Å². The van der Waals surface area contributed by atoms with Crippen LogP contribution in [0, 0.1) is 0 Å². The van der Waals surface area contributed by atoms with Crippen LogP contribution in [0.5, 0.6) is 5.75 Å². The maximum absolute atomic E-state index is 11.6. The van der Waals surface area contributed by atoms with Gasteiger partial charge in [-0.3, -0.25) is 9.59 Å². The third-order valence-electron chi connectivity index (χ3n) is 3.94. The average Bonchev–Trinajstić information content (AvgIpc) is 2.54. The van der Waals surface area contributed by atoms with Gasteiger partial charge in [0.15, 0.2) is 0 Å². The Morgan fingerprint density at radius 1 is 1.20 bits per heavy atom. The van der Waals surface area contributed by atoms with Gasteiger partial charge in [0.05, 0.1) is 15.7 Å². The number of rotatable bonds is 2. The molecule has 1 aromatic rings. The number of carbonyl (C=O) groups excluding carboxylic acids is 2. The monoisotopic (exact) mass is 355 g/mol. The highest BCUT2D eigenvalue weighted by molar-refractivity contribution is 9.10. The lowest BCUT2D eigenvalue weighted by atomic mass is 10.1. The molecule has 0 aliphatic carbocycles. The molecular formula is C14H18BrNO3Si. The zero-order valence-electron chi connectivity index (χ0n) is 12.3. The van der Waals surface area contributed by atoms with E-state index < -0.39 is 20.0 Å². The minimum absolute atomic E-state index is 0.0739. The fraction of sp³-hybridized carbons (Fsp3) is 0.429. The molecule has 0 bridgehead atoms. The number of hydrogen-bond acceptors (Lipinski definition) is 3. The molecule has 6 heteroatoms. The first-order valence-electron chi connectivity index (χ1n) is 6.41. The van der Waals surface area contributed by atoms with Crippen molar-refractivity contribution in [3.63, 3.8) is 0 Å². The Balaban J connectivity index is 2.39. The number of fused-ring (bicyclic) bond motifs is 1. The van der Waals surface area contributed by atoms with Crippen LogP contribution in [0.3, 0.4) is 0 Å². The predicted octanol–water partition coefficient (Wildman–Crippen LogP) is 3.97. The number of carbonyl (C=O) groups is 2. The van der Waals surface area contributed by atoms with Crippen LogP contribution in [0.1, 0.15) is 31.1 Å². The van der Waals surface area contributed by atoms with Crippen molar-refractivity contribution in [2.24, 2.45) is 0 Å². The number of Topliss-reactive ketones (excluding diaryl/α,β-unsaturated/α-hetero) is 1. The Morgan fingerprint density at radius 2 is 1.80 bits per heavy atom. The first-order valence-corrected chi connectivity index (χ1v) is 10.1. The summed E-state index contributed by atoms with van der Waals surface area (Å²) in [4.78, 5) is 23.0. The largest absolute Gasteiger partial charge is 0.543 e. The second-order valence-electron chi connectivity index (χ2n) is 6.47. The number of ketones is 1. The molecule has 1 aliphatic heterocycles. The molecule has 1 amide bonds. The summed E-state index contributed by atoms with van der Waals surface area (Å²) >= 11 is 3.42. The van der Waals surface area contributed by atoms with E-state index in [1.54, 1.807) is 12.1 Å². The molecule has 1 aliphatic rings. The normalized spacial score (nSPS) is 15.1. The molecule has 0 radical (unpaired) electrons. The summed E-state index contributed by atoms with van der Waals surface area (Å²) in [5, 5.41) is 2.64. The Labute approximate surface area is 128 Å². The lowest BCUT2D eigenvalue weighted by Gasteiger charge is -2.36. The zero-order chi connectivity index (χ0) is 15.3. The SMILES string of the molecule is CC(C)(C)[Si](C)(C)Oc1cc2c(cc1Br)C(=O)C(=O)N2. The summed E-state index contributed by atoms with van der Waals surface area (Å²) in [7, 11) is -1.97. The molecule has 0 spiro atoms. The van der Waals surface area contributed by atoms with Gasteiger partial charge in [-0.2, -0.15) is 0 Å². The fourth-order valence-electron chi connectivity index (χ4n) is 1.65. The summed E-state index contributed by atoms with van der Waals surface area (Å²) in [5.74, 6) is -0.415. The van der Waals surface area contributed by atoms with Crippen molar-refractivity contribution in [2.45, 2.75) is 38.9 Å². The molecule has 1 N–H and O–H groups in total. The number of benzene rings is 1. The van der Waals surface area contributed by atoms with Gasteiger partial charge in [-0.15, -0.1) is 0 Å². The molecule has 2 rings (SSSR count). The summed E-state index contributed by atoms with van der Waals surface area (Å²) in [6.07, 6.45) is 0. The van der Waals surface area contributed by atoms with Gasteiger partial charge in [0, 0.05) is 6.07 Å². The van der Waals surface area contributed by atoms with E-state index in [9.17, 15) is 9.59 Å². The van der Waals surface area contributed by atoms with Crippen molar-refractivity contribution in [3.05, 3.63) is 22.2 Å². The van der Waals surface area contributed by atoms with Gasteiger partial charge in [-0.05, 0) is 40.1 Å². The summed E-state index contributed by atoms with van der Waals surface area (Å²) in [5.41, 5.74) is 0.918. The molecule has 0 saturated carbocycles. The number of halogens is 1. The summed E-state index contributed by atoms with van der Waals surface area (Å²) in [6.45, 7) is 10.8. The number of hydrogen-bond donors (Lipinski definition) is 1. The Hall–Kier alpha value is -1.14. The van der Waals surface area contributed by atoms with Gasteiger partial charge in [-0.1, -0.05) is 20.8 Å². The van der Waals surface area contributed by atoms with Crippen LogP contribution in [-0.4, -0.2) is 20.0 Å². The highest BCUT2D eigenvalue weighted by Gasteiger charge is 2.40. The summed E-state index contributed by atoms with van der Waals surface area (Å²) < 4.78 is 6.92. The second kappa shape index (κ2) is 4.70. The molecular weight excluding hydrogens is 338 g/mol. The quantitative estimate of drug-likeness (QED) is 0.644. The molecule has 0 fully saturated rings. The molecule has 1 heterocycles. The topological polar surface area (TPSA) is 55.4 Å². The van der Waals surface area contributed by atoms with E-state index in [4.69, 9.17) is 4.43 Å². The van der Waals surface area contributed by atoms with Gasteiger partial charge < -0.3 is 9.74 Å². The Bertz CT molecular complexity index is 605. The van der Waals surface area contributed by atoms with Crippen molar-refractivity contribution in [2.75, 3.05) is 5.32 Å². The van der Waals surface area contributed by atoms with E-state index in [0.717, 1.165) is 0 Å². The average molecular weight is 356 g/mol. The lowest BCUT2D eigenvalue weighted by Crippen LogP contribution is -2.43. The first-order chi connectivity index (χ1) is 9.03. The molecule has 0 unspecified atom stereocenters. The van der Waals surface area contributed by atoms with E-state index in [1.807, 2.05) is 0 Å². The number of anilines is 1. The number of nitrogens with one attached hydrogen (secondary N) is 1.